The van der Waals surface area contributed by atoms with Crippen molar-refractivity contribution in [3.8, 4) is 11.3 Å². The van der Waals surface area contributed by atoms with Gasteiger partial charge in [-0.15, -0.1) is 5.10 Å². The Hall–Kier alpha value is -2.36. The van der Waals surface area contributed by atoms with Crippen LogP contribution < -0.4 is 5.32 Å². The molecular formula is C48H80N6O10S2. The van der Waals surface area contributed by atoms with E-state index in [9.17, 15) is 35.1 Å². The Morgan fingerprint density at radius 2 is 1.77 bits per heavy atom. The molecule has 3 aliphatic heterocycles. The van der Waals surface area contributed by atoms with E-state index in [1.165, 1.54) is 32.4 Å². The first-order valence-corrected chi connectivity index (χ1v) is 26.5. The Bertz CT molecular complexity index is 1820. The summed E-state index contributed by atoms with van der Waals surface area (Å²) < 4.78 is 20.4. The quantitative estimate of drug-likeness (QED) is 0.0816. The first-order chi connectivity index (χ1) is 31.1. The van der Waals surface area contributed by atoms with E-state index in [4.69, 9.17) is 14.2 Å². The minimum Gasteiger partial charge on any atom is -0.459 e. The van der Waals surface area contributed by atoms with E-state index in [0.717, 1.165) is 34.9 Å². The summed E-state index contributed by atoms with van der Waals surface area (Å²) in [5.41, 5.74) is -0.732. The second-order valence-corrected chi connectivity index (χ2v) is 22.8. The van der Waals surface area contributed by atoms with Gasteiger partial charge >= 0.3 is 5.97 Å². The monoisotopic (exact) mass is 965 g/mol. The fourth-order valence-electron chi connectivity index (χ4n) is 10.0. The Morgan fingerprint density at radius 1 is 1.06 bits per heavy atom. The van der Waals surface area contributed by atoms with Gasteiger partial charge in [0.1, 0.15) is 29.6 Å². The lowest BCUT2D eigenvalue weighted by atomic mass is 9.78. The van der Waals surface area contributed by atoms with Crippen LogP contribution in [-0.2, 0) is 36.9 Å². The number of esters is 1. The third kappa shape index (κ3) is 14.4. The van der Waals surface area contributed by atoms with Gasteiger partial charge < -0.3 is 50.0 Å². The topological polar surface area (TPSA) is 212 Å². The van der Waals surface area contributed by atoms with Gasteiger partial charge in [-0.3, -0.25) is 19.2 Å². The average Bonchev–Trinajstić information content (AvgIpc) is 3.98. The van der Waals surface area contributed by atoms with Crippen LogP contribution in [0, 0.1) is 17.8 Å². The van der Waals surface area contributed by atoms with Gasteiger partial charge in [-0.1, -0.05) is 78.3 Å². The number of aliphatic hydroxyl groups is 5. The smallest absolute Gasteiger partial charge is 0.311 e. The second-order valence-electron chi connectivity index (χ2n) is 20.1. The third-order valence-corrected chi connectivity index (χ3v) is 17.2. The molecule has 3 aliphatic rings. The zero-order valence-electron chi connectivity index (χ0n) is 40.9. The molecule has 66 heavy (non-hydrogen) atoms. The summed E-state index contributed by atoms with van der Waals surface area (Å²) >= 11 is 0. The van der Waals surface area contributed by atoms with Crippen molar-refractivity contribution < 1.29 is 49.3 Å². The van der Waals surface area contributed by atoms with E-state index >= 15 is 0 Å². The molecule has 18 heteroatoms. The largest absolute Gasteiger partial charge is 0.459 e. The van der Waals surface area contributed by atoms with Crippen molar-refractivity contribution in [2.45, 2.75) is 191 Å². The SMILES string of the molecule is CC[C@@H]1OC(=O)[C@@H](C)[C@H](O)[C@@H](C)[C@H](O[C@H]2O[C@@H](C)C[C@@H](N(C)Cc3ccc(-c4cn(CCNC(=O)CCCC[C@H]5CCSS5)nn4)cc3)[C@@H]2O)C(C)(O)C[C@H](C)CN(C)[C@@H](C)[C@H](O)[C@@]1(C)O. The highest BCUT2D eigenvalue weighted by Crippen LogP contribution is 2.40. The van der Waals surface area contributed by atoms with E-state index in [1.807, 2.05) is 84.9 Å². The number of aromatic nitrogens is 3. The van der Waals surface area contributed by atoms with Crippen LogP contribution in [0.2, 0.25) is 0 Å². The minimum atomic E-state index is -1.79. The van der Waals surface area contributed by atoms with Crippen LogP contribution >= 0.6 is 21.6 Å². The van der Waals surface area contributed by atoms with E-state index < -0.39 is 77.9 Å². The zero-order valence-corrected chi connectivity index (χ0v) is 42.5. The summed E-state index contributed by atoms with van der Waals surface area (Å²) in [5, 5.41) is 71.3. The van der Waals surface area contributed by atoms with Gasteiger partial charge in [-0.2, -0.15) is 0 Å². The number of benzene rings is 1. The van der Waals surface area contributed by atoms with Gasteiger partial charge in [-0.05, 0) is 98.7 Å². The molecule has 6 N–H and O–H groups in total. The van der Waals surface area contributed by atoms with E-state index in [-0.39, 0.29) is 30.8 Å². The fourth-order valence-corrected chi connectivity index (χ4v) is 13.0. The summed E-state index contributed by atoms with van der Waals surface area (Å²) in [6, 6.07) is 7.09. The molecule has 1 unspecified atom stereocenters. The van der Waals surface area contributed by atoms with E-state index in [1.54, 1.807) is 32.4 Å². The first kappa shape index (κ1) is 54.6. The zero-order chi connectivity index (χ0) is 48.5. The maximum atomic E-state index is 13.6. The molecule has 0 spiro atoms. The van der Waals surface area contributed by atoms with Gasteiger partial charge in [0, 0.05) is 60.6 Å². The molecule has 16 nitrogen and oxygen atoms in total. The molecule has 1 amide bonds. The Kier molecular flexibility index (Phi) is 20.2. The molecule has 1 aromatic heterocycles. The third-order valence-electron chi connectivity index (χ3n) is 14.2. The lowest BCUT2D eigenvalue weighted by Gasteiger charge is -2.47. The lowest BCUT2D eigenvalue weighted by molar-refractivity contribution is -0.300. The standard InChI is InChI=1S/C48H80N6O10S2/c1-11-39-48(8,61)43(58)33(6)52(9)26-29(2)25-47(7,60)44(31(4)41(56)32(5)45(59)63-39)64-46-42(57)38(24-30(3)62-46)53(10)27-34-16-18-35(19-17-34)37-28-54(51-50-37)22-21-49-40(55)15-13-12-14-36-20-23-65-66-36/h16-19,28-33,36,38-39,41-44,46,56-58,60-61H,11-15,20-27H2,1-10H3,(H,49,55)/t29-,30-,31+,32-,33-,36-,38+,39-,41+,42-,43-,44-,46+,47?,48-/m0/s1. The number of ether oxygens (including phenoxy) is 3. The summed E-state index contributed by atoms with van der Waals surface area (Å²) in [6.45, 7) is 15.7. The van der Waals surface area contributed by atoms with Gasteiger partial charge in [0.15, 0.2) is 6.29 Å². The molecule has 3 saturated heterocycles. The molecule has 3 fully saturated rings. The molecule has 0 radical (unpaired) electrons. The first-order valence-electron chi connectivity index (χ1n) is 24.1. The van der Waals surface area contributed by atoms with Crippen molar-refractivity contribution in [3.63, 3.8) is 0 Å². The van der Waals surface area contributed by atoms with Gasteiger partial charge in [0.05, 0.1) is 42.6 Å². The summed E-state index contributed by atoms with van der Waals surface area (Å²) in [5.74, 6) is -1.55. The number of unbranched alkanes of at least 4 members (excludes halogenated alkanes) is 1. The minimum absolute atomic E-state index is 0.0680. The van der Waals surface area contributed by atoms with Crippen LogP contribution in [0.5, 0.6) is 0 Å². The van der Waals surface area contributed by atoms with E-state index in [0.29, 0.717) is 39.0 Å². The number of aliphatic hydroxyl groups excluding tert-OH is 3. The van der Waals surface area contributed by atoms with Crippen molar-refractivity contribution in [3.05, 3.63) is 36.0 Å². The number of amides is 1. The summed E-state index contributed by atoms with van der Waals surface area (Å²) in [7, 11) is 7.70. The van der Waals surface area contributed by atoms with Gasteiger partial charge in [0.2, 0.25) is 5.91 Å². The maximum Gasteiger partial charge on any atom is 0.311 e. The number of rotatable bonds is 15. The van der Waals surface area contributed by atoms with Crippen molar-refractivity contribution in [2.75, 3.05) is 32.9 Å². The number of nitrogens with zero attached hydrogens (tertiary/aromatic N) is 5. The molecule has 0 bridgehead atoms. The van der Waals surface area contributed by atoms with Crippen LogP contribution in [0.25, 0.3) is 11.3 Å². The van der Waals surface area contributed by atoms with Crippen LogP contribution in [0.3, 0.4) is 0 Å². The van der Waals surface area contributed by atoms with Crippen LogP contribution in [0.1, 0.15) is 112 Å². The predicted octanol–water partition coefficient (Wildman–Crippen LogP) is 4.63. The van der Waals surface area contributed by atoms with Gasteiger partial charge in [0.25, 0.3) is 0 Å². The lowest BCUT2D eigenvalue weighted by Crippen LogP contribution is -2.59. The Morgan fingerprint density at radius 3 is 2.44 bits per heavy atom. The molecular weight excluding hydrogens is 885 g/mol. The molecule has 0 aliphatic carbocycles. The number of carbonyl (C=O) groups excluding carboxylic acids is 2. The van der Waals surface area contributed by atoms with Gasteiger partial charge in [-0.25, -0.2) is 0 Å². The highest BCUT2D eigenvalue weighted by Gasteiger charge is 2.50. The summed E-state index contributed by atoms with van der Waals surface area (Å²) in [4.78, 5) is 30.0. The number of carbonyl (C=O) groups is 2. The average molecular weight is 965 g/mol. The number of likely N-dealkylation sites (N-methyl/N-ethyl adjacent to an activating group) is 2. The number of hydrogen-bond acceptors (Lipinski definition) is 16. The van der Waals surface area contributed by atoms with Crippen molar-refractivity contribution in [1.82, 2.24) is 30.1 Å². The van der Waals surface area contributed by atoms with Crippen LogP contribution in [-0.4, -0.2) is 167 Å². The maximum absolute atomic E-state index is 13.6. The van der Waals surface area contributed by atoms with Crippen molar-refractivity contribution in [2.24, 2.45) is 17.8 Å². The molecule has 5 rings (SSSR count). The Labute approximate surface area is 400 Å². The Balaban J connectivity index is 1.21. The molecule has 4 heterocycles. The van der Waals surface area contributed by atoms with Crippen LogP contribution in [0.15, 0.2) is 30.5 Å². The molecule has 15 atom stereocenters. The molecule has 2 aromatic rings. The molecule has 374 valence electrons. The number of cyclic esters (lactones) is 1. The van der Waals surface area contributed by atoms with Crippen molar-refractivity contribution >= 4 is 33.5 Å². The summed E-state index contributed by atoms with van der Waals surface area (Å²) in [6.07, 6.45) is 0.382. The van der Waals surface area contributed by atoms with Crippen molar-refractivity contribution in [1.29, 1.82) is 0 Å². The fraction of sp³-hybridized carbons (Fsp3) is 0.792. The highest BCUT2D eigenvalue weighted by atomic mass is 33.1. The number of hydrogen-bond donors (Lipinski definition) is 6. The second kappa shape index (κ2) is 24.5. The normalized spacial score (nSPS) is 36.7. The number of nitrogens with one attached hydrogen (secondary N) is 1. The predicted molar refractivity (Wildman–Crippen MR) is 258 cm³/mol. The molecule has 0 saturated carbocycles. The van der Waals surface area contributed by atoms with Crippen LogP contribution in [0.4, 0.5) is 0 Å². The molecule has 1 aromatic carbocycles. The van der Waals surface area contributed by atoms with E-state index in [2.05, 4.69) is 20.5 Å². The highest BCUT2D eigenvalue weighted by molar-refractivity contribution is 8.77.